The van der Waals surface area contributed by atoms with Crippen LogP contribution in [-0.4, -0.2) is 19.2 Å². The van der Waals surface area contributed by atoms with E-state index >= 15 is 0 Å². The second-order valence-electron chi connectivity index (χ2n) is 3.23. The maximum atomic E-state index is 10.7. The number of carbonyl (C=O) groups excluding carboxylic acids is 1. The van der Waals surface area contributed by atoms with Crippen molar-refractivity contribution in [3.63, 3.8) is 0 Å². The summed E-state index contributed by atoms with van der Waals surface area (Å²) in [7, 11) is 1.33. The SMILES string of the molecule is C=CC(CCCCC)O/C=C/C(=O)OC. The highest BCUT2D eigenvalue weighted by atomic mass is 16.5. The molecular weight excluding hydrogens is 192 g/mol. The van der Waals surface area contributed by atoms with Crippen LogP contribution in [0.4, 0.5) is 0 Å². The molecule has 15 heavy (non-hydrogen) atoms. The first-order chi connectivity index (χ1) is 7.24. The molecule has 0 aromatic rings. The standard InChI is InChI=1S/C12H20O3/c1-4-6-7-8-11(5-2)15-10-9-12(13)14-3/h5,9-11H,2,4,6-8H2,1,3H3/b10-9+. The van der Waals surface area contributed by atoms with Crippen molar-refractivity contribution in [3.8, 4) is 0 Å². The highest BCUT2D eigenvalue weighted by molar-refractivity contribution is 5.81. The highest BCUT2D eigenvalue weighted by Gasteiger charge is 2.02. The van der Waals surface area contributed by atoms with Crippen molar-refractivity contribution in [2.75, 3.05) is 7.11 Å². The molecule has 0 saturated heterocycles. The smallest absolute Gasteiger partial charge is 0.333 e. The Morgan fingerprint density at radius 3 is 2.73 bits per heavy atom. The molecule has 0 fully saturated rings. The number of unbranched alkanes of at least 4 members (excludes halogenated alkanes) is 2. The van der Waals surface area contributed by atoms with E-state index in [2.05, 4.69) is 18.2 Å². The molecule has 0 heterocycles. The maximum Gasteiger partial charge on any atom is 0.333 e. The van der Waals surface area contributed by atoms with E-state index in [4.69, 9.17) is 4.74 Å². The van der Waals surface area contributed by atoms with Crippen LogP contribution in [-0.2, 0) is 14.3 Å². The first-order valence-electron chi connectivity index (χ1n) is 5.27. The summed E-state index contributed by atoms with van der Waals surface area (Å²) in [5.74, 6) is -0.411. The van der Waals surface area contributed by atoms with Gasteiger partial charge in [0.15, 0.2) is 0 Å². The molecule has 0 amide bonds. The minimum absolute atomic E-state index is 0.0162. The Morgan fingerprint density at radius 1 is 1.47 bits per heavy atom. The van der Waals surface area contributed by atoms with Gasteiger partial charge in [-0.1, -0.05) is 32.4 Å². The van der Waals surface area contributed by atoms with Gasteiger partial charge in [-0.3, -0.25) is 0 Å². The largest absolute Gasteiger partial charge is 0.494 e. The van der Waals surface area contributed by atoms with Gasteiger partial charge in [0, 0.05) is 0 Å². The summed E-state index contributed by atoms with van der Waals surface area (Å²) in [4.78, 5) is 10.7. The van der Waals surface area contributed by atoms with E-state index in [0.29, 0.717) is 0 Å². The van der Waals surface area contributed by atoms with Crippen molar-refractivity contribution >= 4 is 5.97 Å². The average molecular weight is 212 g/mol. The molecule has 86 valence electrons. The van der Waals surface area contributed by atoms with E-state index < -0.39 is 5.97 Å². The van der Waals surface area contributed by atoms with Crippen LogP contribution in [0.1, 0.15) is 32.6 Å². The predicted octanol–water partition coefficient (Wildman–Crippen LogP) is 2.82. The van der Waals surface area contributed by atoms with E-state index in [1.54, 1.807) is 6.08 Å². The molecule has 0 aliphatic carbocycles. The number of ether oxygens (including phenoxy) is 2. The molecule has 0 N–H and O–H groups in total. The molecular formula is C12H20O3. The number of esters is 1. The second kappa shape index (κ2) is 9.31. The predicted molar refractivity (Wildman–Crippen MR) is 60.4 cm³/mol. The van der Waals surface area contributed by atoms with Crippen LogP contribution in [0.3, 0.4) is 0 Å². The maximum absolute atomic E-state index is 10.7. The van der Waals surface area contributed by atoms with Crippen molar-refractivity contribution < 1.29 is 14.3 Å². The summed E-state index contributed by atoms with van der Waals surface area (Å²) < 4.78 is 9.74. The molecule has 3 heteroatoms. The lowest BCUT2D eigenvalue weighted by Crippen LogP contribution is -2.06. The number of hydrogen-bond donors (Lipinski definition) is 0. The lowest BCUT2D eigenvalue weighted by molar-refractivity contribution is -0.135. The number of rotatable bonds is 8. The van der Waals surface area contributed by atoms with Crippen LogP contribution in [0.25, 0.3) is 0 Å². The lowest BCUT2D eigenvalue weighted by atomic mass is 10.1. The van der Waals surface area contributed by atoms with Crippen LogP contribution in [0.2, 0.25) is 0 Å². The van der Waals surface area contributed by atoms with E-state index in [1.165, 1.54) is 32.3 Å². The minimum atomic E-state index is -0.411. The van der Waals surface area contributed by atoms with Crippen LogP contribution >= 0.6 is 0 Å². The van der Waals surface area contributed by atoms with Gasteiger partial charge in [0.25, 0.3) is 0 Å². The number of hydrogen-bond acceptors (Lipinski definition) is 3. The summed E-state index contributed by atoms with van der Waals surface area (Å²) >= 11 is 0. The van der Waals surface area contributed by atoms with Gasteiger partial charge >= 0.3 is 5.97 Å². The molecule has 0 aromatic heterocycles. The molecule has 0 spiro atoms. The van der Waals surface area contributed by atoms with Gasteiger partial charge in [-0.2, -0.15) is 0 Å². The van der Waals surface area contributed by atoms with E-state index in [1.807, 2.05) is 0 Å². The third-order valence-electron chi connectivity index (χ3n) is 2.01. The Labute approximate surface area is 91.8 Å². The van der Waals surface area contributed by atoms with Gasteiger partial charge in [0.1, 0.15) is 6.10 Å². The lowest BCUT2D eigenvalue weighted by Gasteiger charge is -2.11. The third-order valence-corrected chi connectivity index (χ3v) is 2.01. The summed E-state index contributed by atoms with van der Waals surface area (Å²) in [5, 5.41) is 0. The van der Waals surface area contributed by atoms with Crippen molar-refractivity contribution in [1.82, 2.24) is 0 Å². The molecule has 0 rings (SSSR count). The average Bonchev–Trinajstić information content (AvgIpc) is 2.26. The van der Waals surface area contributed by atoms with Crippen LogP contribution in [0.5, 0.6) is 0 Å². The van der Waals surface area contributed by atoms with Gasteiger partial charge in [0.2, 0.25) is 0 Å². The van der Waals surface area contributed by atoms with Crippen molar-refractivity contribution in [1.29, 1.82) is 0 Å². The molecule has 0 bridgehead atoms. The molecule has 3 nitrogen and oxygen atoms in total. The zero-order valence-corrected chi connectivity index (χ0v) is 9.57. The Hall–Kier alpha value is -1.25. The van der Waals surface area contributed by atoms with Crippen LogP contribution in [0, 0.1) is 0 Å². The molecule has 0 aliphatic rings. The zero-order chi connectivity index (χ0) is 11.5. The first-order valence-corrected chi connectivity index (χ1v) is 5.27. The second-order valence-corrected chi connectivity index (χ2v) is 3.23. The highest BCUT2D eigenvalue weighted by Crippen LogP contribution is 2.07. The fourth-order valence-electron chi connectivity index (χ4n) is 1.10. The van der Waals surface area contributed by atoms with Gasteiger partial charge in [-0.15, -0.1) is 0 Å². The molecule has 1 unspecified atom stereocenters. The van der Waals surface area contributed by atoms with E-state index in [9.17, 15) is 4.79 Å². The van der Waals surface area contributed by atoms with Gasteiger partial charge < -0.3 is 9.47 Å². The van der Waals surface area contributed by atoms with E-state index in [0.717, 1.165) is 12.8 Å². The van der Waals surface area contributed by atoms with Crippen molar-refractivity contribution in [2.45, 2.75) is 38.7 Å². The molecule has 0 aliphatic heterocycles. The summed E-state index contributed by atoms with van der Waals surface area (Å²) in [5.41, 5.74) is 0. The fraction of sp³-hybridized carbons (Fsp3) is 0.583. The van der Waals surface area contributed by atoms with Crippen molar-refractivity contribution in [2.24, 2.45) is 0 Å². The summed E-state index contributed by atoms with van der Waals surface area (Å²) in [6.07, 6.45) is 8.77. The van der Waals surface area contributed by atoms with E-state index in [-0.39, 0.29) is 6.10 Å². The molecule has 0 radical (unpaired) electrons. The topological polar surface area (TPSA) is 35.5 Å². The zero-order valence-electron chi connectivity index (χ0n) is 9.57. The number of methoxy groups -OCH3 is 1. The Bertz CT molecular complexity index is 209. The quantitative estimate of drug-likeness (QED) is 0.204. The number of carbonyl (C=O) groups is 1. The van der Waals surface area contributed by atoms with Gasteiger partial charge in [-0.25, -0.2) is 4.79 Å². The van der Waals surface area contributed by atoms with Crippen LogP contribution in [0.15, 0.2) is 25.0 Å². The Morgan fingerprint density at radius 2 is 2.20 bits per heavy atom. The fourth-order valence-corrected chi connectivity index (χ4v) is 1.10. The van der Waals surface area contributed by atoms with Crippen LogP contribution < -0.4 is 0 Å². The molecule has 1 atom stereocenters. The Kier molecular flexibility index (Phi) is 8.53. The normalized spacial score (nSPS) is 12.4. The molecule has 0 aromatic carbocycles. The molecule has 0 saturated carbocycles. The summed E-state index contributed by atoms with van der Waals surface area (Å²) in [6.45, 7) is 5.84. The van der Waals surface area contributed by atoms with Gasteiger partial charge in [0.05, 0.1) is 19.4 Å². The van der Waals surface area contributed by atoms with Crippen molar-refractivity contribution in [3.05, 3.63) is 25.0 Å². The Balaban J connectivity index is 3.74. The monoisotopic (exact) mass is 212 g/mol. The first kappa shape index (κ1) is 13.8. The van der Waals surface area contributed by atoms with Gasteiger partial charge in [-0.05, 0) is 12.8 Å². The minimum Gasteiger partial charge on any atom is -0.494 e. The third kappa shape index (κ3) is 7.79. The summed E-state index contributed by atoms with van der Waals surface area (Å²) in [6, 6.07) is 0.